The highest BCUT2D eigenvalue weighted by Gasteiger charge is 2.27. The summed E-state index contributed by atoms with van der Waals surface area (Å²) in [4.78, 5) is 10.8. The Morgan fingerprint density at radius 1 is 1.53 bits per heavy atom. The van der Waals surface area contributed by atoms with E-state index in [0.29, 0.717) is 24.4 Å². The van der Waals surface area contributed by atoms with Gasteiger partial charge in [0.2, 0.25) is 5.82 Å². The Labute approximate surface area is 112 Å². The molecule has 1 atom stereocenters. The molecule has 0 aromatic carbocycles. The summed E-state index contributed by atoms with van der Waals surface area (Å²) in [6, 6.07) is -0.0243. The van der Waals surface area contributed by atoms with Gasteiger partial charge in [-0.15, -0.1) is 0 Å². The number of hydrogen-bond donors (Lipinski definition) is 2. The number of aromatic nitrogens is 2. The third-order valence-electron chi connectivity index (χ3n) is 3.18. The SMILES string of the molecule is CCc1nn(C)c(NC(CCO)C(C)C)c1[N+](=O)[O-]. The molecule has 19 heavy (non-hydrogen) atoms. The molecule has 1 heterocycles. The molecule has 0 aliphatic heterocycles. The van der Waals surface area contributed by atoms with Crippen LogP contribution in [0.4, 0.5) is 11.5 Å². The molecule has 7 heteroatoms. The van der Waals surface area contributed by atoms with Crippen molar-refractivity contribution in [3.63, 3.8) is 0 Å². The fourth-order valence-electron chi connectivity index (χ4n) is 2.05. The van der Waals surface area contributed by atoms with Gasteiger partial charge in [0.15, 0.2) is 0 Å². The van der Waals surface area contributed by atoms with Gasteiger partial charge >= 0.3 is 5.69 Å². The normalized spacial score (nSPS) is 12.7. The molecule has 0 spiro atoms. The Kier molecular flexibility index (Phi) is 5.29. The fraction of sp³-hybridized carbons (Fsp3) is 0.750. The van der Waals surface area contributed by atoms with E-state index in [2.05, 4.69) is 10.4 Å². The average molecular weight is 270 g/mol. The Morgan fingerprint density at radius 2 is 2.16 bits per heavy atom. The molecule has 108 valence electrons. The smallest absolute Gasteiger partial charge is 0.333 e. The Bertz CT molecular complexity index is 442. The summed E-state index contributed by atoms with van der Waals surface area (Å²) in [5, 5.41) is 27.6. The van der Waals surface area contributed by atoms with Gasteiger partial charge in [-0.25, -0.2) is 4.68 Å². The van der Waals surface area contributed by atoms with Crippen LogP contribution in [-0.2, 0) is 13.5 Å². The van der Waals surface area contributed by atoms with Crippen LogP contribution >= 0.6 is 0 Å². The first-order valence-corrected chi connectivity index (χ1v) is 6.50. The van der Waals surface area contributed by atoms with Gasteiger partial charge in [-0.05, 0) is 18.8 Å². The van der Waals surface area contributed by atoms with Gasteiger partial charge in [0, 0.05) is 19.7 Å². The lowest BCUT2D eigenvalue weighted by atomic mass is 10.0. The molecule has 0 saturated heterocycles. The monoisotopic (exact) mass is 270 g/mol. The van der Waals surface area contributed by atoms with E-state index in [1.165, 1.54) is 4.68 Å². The quantitative estimate of drug-likeness (QED) is 0.581. The Morgan fingerprint density at radius 3 is 2.58 bits per heavy atom. The number of hydrogen-bond acceptors (Lipinski definition) is 5. The van der Waals surface area contributed by atoms with Crippen LogP contribution in [0.25, 0.3) is 0 Å². The molecular formula is C12H22N4O3. The molecule has 0 fully saturated rings. The first-order chi connectivity index (χ1) is 8.92. The third kappa shape index (κ3) is 3.44. The second-order valence-electron chi connectivity index (χ2n) is 4.89. The fourth-order valence-corrected chi connectivity index (χ4v) is 2.05. The first-order valence-electron chi connectivity index (χ1n) is 6.50. The summed E-state index contributed by atoms with van der Waals surface area (Å²) < 4.78 is 1.50. The summed E-state index contributed by atoms with van der Waals surface area (Å²) in [5.41, 5.74) is 0.509. The van der Waals surface area contributed by atoms with E-state index < -0.39 is 4.92 Å². The van der Waals surface area contributed by atoms with Gasteiger partial charge in [-0.1, -0.05) is 20.8 Å². The zero-order valence-electron chi connectivity index (χ0n) is 11.9. The topological polar surface area (TPSA) is 93.2 Å². The van der Waals surface area contributed by atoms with Crippen molar-refractivity contribution in [2.45, 2.75) is 39.7 Å². The van der Waals surface area contributed by atoms with Gasteiger partial charge in [0.1, 0.15) is 5.69 Å². The highest BCUT2D eigenvalue weighted by molar-refractivity contribution is 5.60. The maximum atomic E-state index is 11.2. The van der Waals surface area contributed by atoms with Crippen molar-refractivity contribution in [3.05, 3.63) is 15.8 Å². The number of rotatable bonds is 7. The van der Waals surface area contributed by atoms with Crippen molar-refractivity contribution in [2.75, 3.05) is 11.9 Å². The Balaban J connectivity index is 3.11. The number of nitro groups is 1. The molecule has 1 rings (SSSR count). The van der Waals surface area contributed by atoms with E-state index in [9.17, 15) is 10.1 Å². The Hall–Kier alpha value is -1.63. The number of nitrogens with one attached hydrogen (secondary N) is 1. The van der Waals surface area contributed by atoms with Gasteiger partial charge in [0.05, 0.1) is 4.92 Å². The maximum Gasteiger partial charge on any atom is 0.333 e. The van der Waals surface area contributed by atoms with Crippen molar-refractivity contribution in [3.8, 4) is 0 Å². The lowest BCUT2D eigenvalue weighted by molar-refractivity contribution is -0.384. The minimum atomic E-state index is -0.398. The zero-order chi connectivity index (χ0) is 14.6. The van der Waals surface area contributed by atoms with Gasteiger partial charge in [-0.3, -0.25) is 10.1 Å². The molecule has 7 nitrogen and oxygen atoms in total. The molecule has 0 radical (unpaired) electrons. The third-order valence-corrected chi connectivity index (χ3v) is 3.18. The number of aliphatic hydroxyl groups is 1. The number of aliphatic hydroxyl groups excluding tert-OH is 1. The van der Waals surface area contributed by atoms with Crippen molar-refractivity contribution < 1.29 is 10.0 Å². The molecule has 0 bridgehead atoms. The lowest BCUT2D eigenvalue weighted by Gasteiger charge is -2.22. The van der Waals surface area contributed by atoms with Crippen LogP contribution in [0.1, 0.15) is 32.9 Å². The molecule has 0 aliphatic rings. The highest BCUT2D eigenvalue weighted by Crippen LogP contribution is 2.30. The van der Waals surface area contributed by atoms with E-state index >= 15 is 0 Å². The summed E-state index contributed by atoms with van der Waals surface area (Å²) in [6.07, 6.45) is 1.06. The second kappa shape index (κ2) is 6.51. The second-order valence-corrected chi connectivity index (χ2v) is 4.89. The molecule has 1 aromatic heterocycles. The van der Waals surface area contributed by atoms with Crippen molar-refractivity contribution in [1.82, 2.24) is 9.78 Å². The molecule has 2 N–H and O–H groups in total. The van der Waals surface area contributed by atoms with E-state index in [-0.39, 0.29) is 24.3 Å². The van der Waals surface area contributed by atoms with E-state index in [1.54, 1.807) is 7.05 Å². The predicted molar refractivity (Wildman–Crippen MR) is 73.2 cm³/mol. The van der Waals surface area contributed by atoms with Crippen LogP contribution in [-0.4, -0.2) is 32.5 Å². The molecule has 1 aromatic rings. The van der Waals surface area contributed by atoms with Crippen molar-refractivity contribution in [1.29, 1.82) is 0 Å². The number of nitrogens with zero attached hydrogens (tertiary/aromatic N) is 3. The highest BCUT2D eigenvalue weighted by atomic mass is 16.6. The van der Waals surface area contributed by atoms with E-state index in [0.717, 1.165) is 0 Å². The predicted octanol–water partition coefficient (Wildman–Crippen LogP) is 1.71. The minimum Gasteiger partial charge on any atom is -0.396 e. The maximum absolute atomic E-state index is 11.2. The molecule has 1 unspecified atom stereocenters. The molecule has 0 aliphatic carbocycles. The molecule has 0 saturated carbocycles. The summed E-state index contributed by atoms with van der Waals surface area (Å²) in [7, 11) is 1.69. The largest absolute Gasteiger partial charge is 0.396 e. The molecule has 0 amide bonds. The van der Waals surface area contributed by atoms with Gasteiger partial charge in [0.25, 0.3) is 0 Å². The minimum absolute atomic E-state index is 0.0243. The standard InChI is InChI=1S/C12H22N4O3/c1-5-9-11(16(18)19)12(15(4)14-9)13-10(6-7-17)8(2)3/h8,10,13,17H,5-7H2,1-4H3. The summed E-state index contributed by atoms with van der Waals surface area (Å²) in [6.45, 7) is 5.90. The van der Waals surface area contributed by atoms with E-state index in [4.69, 9.17) is 5.11 Å². The average Bonchev–Trinajstić information content (AvgIpc) is 2.65. The van der Waals surface area contributed by atoms with Crippen LogP contribution in [0.2, 0.25) is 0 Å². The van der Waals surface area contributed by atoms with Crippen LogP contribution in [0.15, 0.2) is 0 Å². The van der Waals surface area contributed by atoms with E-state index in [1.807, 2.05) is 20.8 Å². The number of anilines is 1. The summed E-state index contributed by atoms with van der Waals surface area (Å²) >= 11 is 0. The van der Waals surface area contributed by atoms with Gasteiger partial charge in [-0.2, -0.15) is 5.10 Å². The first kappa shape index (κ1) is 15.4. The van der Waals surface area contributed by atoms with Crippen molar-refractivity contribution in [2.24, 2.45) is 13.0 Å². The zero-order valence-corrected chi connectivity index (χ0v) is 11.9. The van der Waals surface area contributed by atoms with Crippen molar-refractivity contribution >= 4 is 11.5 Å². The van der Waals surface area contributed by atoms with Crippen LogP contribution in [0, 0.1) is 16.0 Å². The molecular weight excluding hydrogens is 248 g/mol. The number of aryl methyl sites for hydroxylation is 2. The van der Waals surface area contributed by atoms with Crippen LogP contribution < -0.4 is 5.32 Å². The van der Waals surface area contributed by atoms with Crippen LogP contribution in [0.5, 0.6) is 0 Å². The van der Waals surface area contributed by atoms with Crippen LogP contribution in [0.3, 0.4) is 0 Å². The lowest BCUT2D eigenvalue weighted by Crippen LogP contribution is -2.28. The van der Waals surface area contributed by atoms with Gasteiger partial charge < -0.3 is 10.4 Å². The summed E-state index contributed by atoms with van der Waals surface area (Å²) in [5.74, 6) is 0.667.